The van der Waals surface area contributed by atoms with Gasteiger partial charge in [-0.15, -0.1) is 0 Å². The summed E-state index contributed by atoms with van der Waals surface area (Å²) in [5, 5.41) is 0. The van der Waals surface area contributed by atoms with E-state index in [1.165, 1.54) is 0 Å². The number of hydrogen-bond acceptors (Lipinski definition) is 4. The van der Waals surface area contributed by atoms with Gasteiger partial charge in [0.25, 0.3) is 0 Å². The molecule has 4 aromatic rings. The third kappa shape index (κ3) is 1.29. The zero-order chi connectivity index (χ0) is 11.9. The van der Waals surface area contributed by atoms with E-state index in [9.17, 15) is 0 Å². The van der Waals surface area contributed by atoms with Gasteiger partial charge in [-0.25, -0.2) is 15.0 Å². The van der Waals surface area contributed by atoms with Crippen molar-refractivity contribution in [1.82, 2.24) is 29.9 Å². The molecule has 0 saturated heterocycles. The molecule has 0 fully saturated rings. The lowest BCUT2D eigenvalue weighted by atomic mass is 10.3. The number of rotatable bonds is 1. The summed E-state index contributed by atoms with van der Waals surface area (Å²) >= 11 is 0. The van der Waals surface area contributed by atoms with Gasteiger partial charge in [-0.3, -0.25) is 4.98 Å². The molecule has 1 aromatic carbocycles. The summed E-state index contributed by atoms with van der Waals surface area (Å²) in [5.74, 6) is 0.714. The Hall–Kier alpha value is -2.76. The summed E-state index contributed by atoms with van der Waals surface area (Å²) in [6.07, 6.45) is 6.64. The van der Waals surface area contributed by atoms with Crippen LogP contribution in [0.15, 0.2) is 37.1 Å². The number of nitrogens with zero attached hydrogens (tertiary/aromatic N) is 4. The number of aromatic amines is 2. The molecule has 0 radical (unpaired) electrons. The zero-order valence-corrected chi connectivity index (χ0v) is 9.25. The minimum atomic E-state index is 0.714. The number of H-pyrrole nitrogens is 2. The first-order valence-corrected chi connectivity index (χ1v) is 5.49. The van der Waals surface area contributed by atoms with Crippen LogP contribution in [0.25, 0.3) is 33.6 Å². The Labute approximate surface area is 101 Å². The molecule has 0 saturated carbocycles. The fraction of sp³-hybridized carbons (Fsp3) is 0. The van der Waals surface area contributed by atoms with Gasteiger partial charge in [0, 0.05) is 12.4 Å². The minimum absolute atomic E-state index is 0.714. The second kappa shape index (κ2) is 3.36. The largest absolute Gasteiger partial charge is 0.345 e. The topological polar surface area (TPSA) is 83.1 Å². The molecule has 6 heteroatoms. The van der Waals surface area contributed by atoms with Crippen LogP contribution in [0.3, 0.4) is 0 Å². The first kappa shape index (κ1) is 9.29. The molecule has 0 unspecified atom stereocenters. The van der Waals surface area contributed by atoms with E-state index in [0.29, 0.717) is 5.82 Å². The van der Waals surface area contributed by atoms with E-state index in [0.717, 1.165) is 27.8 Å². The van der Waals surface area contributed by atoms with E-state index in [2.05, 4.69) is 29.9 Å². The van der Waals surface area contributed by atoms with E-state index in [-0.39, 0.29) is 0 Å². The van der Waals surface area contributed by atoms with Gasteiger partial charge in [0.1, 0.15) is 5.69 Å². The maximum absolute atomic E-state index is 4.50. The van der Waals surface area contributed by atoms with E-state index < -0.39 is 0 Å². The van der Waals surface area contributed by atoms with Crippen LogP contribution in [0.4, 0.5) is 0 Å². The Balaban J connectivity index is 1.98. The summed E-state index contributed by atoms with van der Waals surface area (Å²) in [7, 11) is 0. The Kier molecular flexibility index (Phi) is 1.74. The molecule has 0 spiro atoms. The van der Waals surface area contributed by atoms with Gasteiger partial charge >= 0.3 is 0 Å². The van der Waals surface area contributed by atoms with Crippen LogP contribution in [0.2, 0.25) is 0 Å². The van der Waals surface area contributed by atoms with Gasteiger partial charge < -0.3 is 9.97 Å². The molecule has 0 amide bonds. The Morgan fingerprint density at radius 3 is 2.83 bits per heavy atom. The van der Waals surface area contributed by atoms with Crippen molar-refractivity contribution in [1.29, 1.82) is 0 Å². The van der Waals surface area contributed by atoms with Crippen LogP contribution in [0.5, 0.6) is 0 Å². The van der Waals surface area contributed by atoms with Crippen LogP contribution >= 0.6 is 0 Å². The molecule has 0 bridgehead atoms. The SMILES string of the molecule is c1cnc(-c2nc3cc4nc[nH]c4cc3[nH]2)cn1. The molecule has 0 aliphatic heterocycles. The first-order valence-electron chi connectivity index (χ1n) is 5.49. The lowest BCUT2D eigenvalue weighted by Gasteiger charge is -1.91. The summed E-state index contributed by atoms with van der Waals surface area (Å²) in [4.78, 5) is 23.3. The number of fused-ring (bicyclic) bond motifs is 2. The van der Waals surface area contributed by atoms with Gasteiger partial charge in [-0.2, -0.15) is 0 Å². The summed E-state index contributed by atoms with van der Waals surface area (Å²) in [5.41, 5.74) is 4.43. The molecule has 86 valence electrons. The van der Waals surface area contributed by atoms with Gasteiger partial charge in [-0.05, 0) is 12.1 Å². The molecule has 0 aliphatic rings. The van der Waals surface area contributed by atoms with Gasteiger partial charge in [-0.1, -0.05) is 0 Å². The highest BCUT2D eigenvalue weighted by molar-refractivity contribution is 5.92. The fourth-order valence-corrected chi connectivity index (χ4v) is 1.98. The number of aromatic nitrogens is 6. The van der Waals surface area contributed by atoms with Crippen molar-refractivity contribution in [3.05, 3.63) is 37.1 Å². The number of imidazole rings is 2. The molecule has 0 aliphatic carbocycles. The monoisotopic (exact) mass is 236 g/mol. The molecule has 6 nitrogen and oxygen atoms in total. The Bertz CT molecular complexity index is 781. The Morgan fingerprint density at radius 2 is 1.94 bits per heavy atom. The van der Waals surface area contributed by atoms with Crippen molar-refractivity contribution in [2.24, 2.45) is 0 Å². The smallest absolute Gasteiger partial charge is 0.158 e. The summed E-state index contributed by atoms with van der Waals surface area (Å²) in [6.45, 7) is 0. The van der Waals surface area contributed by atoms with Crippen LogP contribution < -0.4 is 0 Å². The van der Waals surface area contributed by atoms with Crippen molar-refractivity contribution in [2.45, 2.75) is 0 Å². The van der Waals surface area contributed by atoms with Gasteiger partial charge in [0.05, 0.1) is 34.6 Å². The number of hydrogen-bond donors (Lipinski definition) is 2. The second-order valence-electron chi connectivity index (χ2n) is 3.97. The van der Waals surface area contributed by atoms with Crippen molar-refractivity contribution in [3.63, 3.8) is 0 Å². The fourth-order valence-electron chi connectivity index (χ4n) is 1.98. The van der Waals surface area contributed by atoms with Crippen molar-refractivity contribution >= 4 is 22.1 Å². The van der Waals surface area contributed by atoms with E-state index >= 15 is 0 Å². The lowest BCUT2D eigenvalue weighted by molar-refractivity contribution is 1.17. The molecule has 0 atom stereocenters. The van der Waals surface area contributed by atoms with E-state index in [1.807, 2.05) is 12.1 Å². The zero-order valence-electron chi connectivity index (χ0n) is 9.25. The van der Waals surface area contributed by atoms with Crippen LogP contribution in [0.1, 0.15) is 0 Å². The van der Waals surface area contributed by atoms with Crippen LogP contribution in [-0.2, 0) is 0 Å². The summed E-state index contributed by atoms with van der Waals surface area (Å²) < 4.78 is 0. The highest BCUT2D eigenvalue weighted by Gasteiger charge is 2.08. The molecule has 18 heavy (non-hydrogen) atoms. The lowest BCUT2D eigenvalue weighted by Crippen LogP contribution is -1.85. The molecular formula is C12H8N6. The second-order valence-corrected chi connectivity index (χ2v) is 3.97. The normalized spacial score (nSPS) is 11.3. The van der Waals surface area contributed by atoms with Crippen molar-refractivity contribution in [2.75, 3.05) is 0 Å². The molecule has 3 aromatic heterocycles. The predicted molar refractivity (Wildman–Crippen MR) is 66.8 cm³/mol. The maximum Gasteiger partial charge on any atom is 0.158 e. The average molecular weight is 236 g/mol. The highest BCUT2D eigenvalue weighted by Crippen LogP contribution is 2.21. The molecule has 3 heterocycles. The van der Waals surface area contributed by atoms with Crippen molar-refractivity contribution in [3.8, 4) is 11.5 Å². The molecule has 4 rings (SSSR count). The third-order valence-electron chi connectivity index (χ3n) is 2.83. The van der Waals surface area contributed by atoms with E-state index in [1.54, 1.807) is 24.9 Å². The highest BCUT2D eigenvalue weighted by atomic mass is 15.0. The van der Waals surface area contributed by atoms with E-state index in [4.69, 9.17) is 0 Å². The average Bonchev–Trinajstić information content (AvgIpc) is 3.01. The minimum Gasteiger partial charge on any atom is -0.345 e. The summed E-state index contributed by atoms with van der Waals surface area (Å²) in [6, 6.07) is 3.93. The molecule has 2 N–H and O–H groups in total. The van der Waals surface area contributed by atoms with Crippen molar-refractivity contribution < 1.29 is 0 Å². The molecular weight excluding hydrogens is 228 g/mol. The maximum atomic E-state index is 4.50. The van der Waals surface area contributed by atoms with Gasteiger partial charge in [0.15, 0.2) is 5.82 Å². The first-order chi connectivity index (χ1) is 8.90. The standard InChI is InChI=1S/C12H8N6/c1-2-14-11(5-13-1)12-17-9-3-7-8(16-6-15-7)4-10(9)18-12/h1-6H,(H,15,16)(H,17,18). The number of benzene rings is 1. The quantitative estimate of drug-likeness (QED) is 0.528. The van der Waals surface area contributed by atoms with Crippen LogP contribution in [0, 0.1) is 0 Å². The van der Waals surface area contributed by atoms with Gasteiger partial charge in [0.2, 0.25) is 0 Å². The number of nitrogens with one attached hydrogen (secondary N) is 2. The Morgan fingerprint density at radius 1 is 0.944 bits per heavy atom. The third-order valence-corrected chi connectivity index (χ3v) is 2.83. The van der Waals surface area contributed by atoms with Crippen LogP contribution in [-0.4, -0.2) is 29.9 Å². The predicted octanol–water partition coefficient (Wildman–Crippen LogP) is 1.90.